The summed E-state index contributed by atoms with van der Waals surface area (Å²) in [5.41, 5.74) is 0. The van der Waals surface area contributed by atoms with Gasteiger partial charge in [-0.1, -0.05) is 0 Å². The van der Waals surface area contributed by atoms with E-state index in [1.807, 2.05) is 6.92 Å². The summed E-state index contributed by atoms with van der Waals surface area (Å²) < 4.78 is 2.52. The van der Waals surface area contributed by atoms with Gasteiger partial charge in [0.2, 0.25) is 0 Å². The van der Waals surface area contributed by atoms with E-state index in [1.54, 1.807) is 17.1 Å². The number of carbonyl (C=O) groups is 3. The molecule has 2 amide bonds. The molecule has 2 fully saturated rings. The molecule has 2 aliphatic rings. The molecule has 2 rings (SSSR count). The molecule has 6 nitrogen and oxygen atoms in total. The van der Waals surface area contributed by atoms with Crippen molar-refractivity contribution < 1.29 is 41.0 Å². The molecule has 1 aliphatic heterocycles. The fourth-order valence-electron chi connectivity index (χ4n) is 2.35. The zero-order valence-corrected chi connectivity index (χ0v) is 13.3. The number of nitrogens with zero attached hydrogens (tertiary/aromatic N) is 2. The van der Waals surface area contributed by atoms with E-state index < -0.39 is 33.3 Å². The van der Waals surface area contributed by atoms with Crippen molar-refractivity contribution in [2.75, 3.05) is 18.1 Å². The molecule has 0 aromatic rings. The number of rotatable bonds is 5. The zero-order chi connectivity index (χ0) is 14.3. The van der Waals surface area contributed by atoms with E-state index in [1.165, 1.54) is 4.90 Å². The van der Waals surface area contributed by atoms with Crippen molar-refractivity contribution in [1.29, 1.82) is 0 Å². The fourth-order valence-corrected chi connectivity index (χ4v) is 4.77. The van der Waals surface area contributed by atoms with Gasteiger partial charge in [0.1, 0.15) is 0 Å². The van der Waals surface area contributed by atoms with Crippen LogP contribution in [0.15, 0.2) is 0 Å². The first-order valence-electron chi connectivity index (χ1n) is 6.29. The van der Waals surface area contributed by atoms with Gasteiger partial charge in [0.15, 0.2) is 0 Å². The van der Waals surface area contributed by atoms with Crippen molar-refractivity contribution in [3.8, 4) is 0 Å². The van der Waals surface area contributed by atoms with Crippen LogP contribution in [0.2, 0.25) is 0 Å². The van der Waals surface area contributed by atoms with Gasteiger partial charge in [-0.2, -0.15) is 0 Å². The summed E-state index contributed by atoms with van der Waals surface area (Å²) in [4.78, 5) is 37.6. The molecular formula is C12H18IN2O4-. The quantitative estimate of drug-likeness (QED) is 0.227. The van der Waals surface area contributed by atoms with Crippen LogP contribution in [-0.4, -0.2) is 60.9 Å². The summed E-state index contributed by atoms with van der Waals surface area (Å²) >= 11 is -0.491. The van der Waals surface area contributed by atoms with Gasteiger partial charge < -0.3 is 0 Å². The van der Waals surface area contributed by atoms with E-state index in [0.29, 0.717) is 0 Å². The summed E-state index contributed by atoms with van der Waals surface area (Å²) in [7, 11) is 1.57. The van der Waals surface area contributed by atoms with Crippen molar-refractivity contribution in [2.24, 2.45) is 11.8 Å². The molecule has 1 saturated heterocycles. The Morgan fingerprint density at radius 2 is 2.16 bits per heavy atom. The van der Waals surface area contributed by atoms with Crippen molar-refractivity contribution in [2.45, 2.75) is 25.9 Å². The summed E-state index contributed by atoms with van der Waals surface area (Å²) in [5.74, 6) is -1.78. The summed E-state index contributed by atoms with van der Waals surface area (Å²) in [6, 6.07) is -0.672. The van der Waals surface area contributed by atoms with Crippen LogP contribution in [0.1, 0.15) is 13.8 Å². The first-order chi connectivity index (χ1) is 8.95. The van der Waals surface area contributed by atoms with E-state index in [4.69, 9.17) is 5.11 Å². The Morgan fingerprint density at radius 1 is 1.53 bits per heavy atom. The number of likely N-dealkylation sites (N-methyl/N-ethyl adjacent to an activating group) is 1. The number of aliphatic hydroxyl groups is 1. The third-order valence-electron chi connectivity index (χ3n) is 3.72. The SMILES string of the molecule is CC[I-]N1C(=O)C(C(=O)N(C)C(C)CO)C2C(=O)C21. The predicted octanol–water partition coefficient (Wildman–Crippen LogP) is -4.12. The van der Waals surface area contributed by atoms with Crippen LogP contribution in [0.5, 0.6) is 0 Å². The second-order valence-corrected chi connectivity index (χ2v) is 8.11. The van der Waals surface area contributed by atoms with Crippen molar-refractivity contribution in [3.05, 3.63) is 0 Å². The summed E-state index contributed by atoms with van der Waals surface area (Å²) in [6.45, 7) is 3.54. The zero-order valence-electron chi connectivity index (χ0n) is 11.2. The number of alkyl halides is 1. The Morgan fingerprint density at radius 3 is 2.68 bits per heavy atom. The van der Waals surface area contributed by atoms with Gasteiger partial charge in [-0.05, 0) is 0 Å². The van der Waals surface area contributed by atoms with Gasteiger partial charge in [-0.3, -0.25) is 0 Å². The summed E-state index contributed by atoms with van der Waals surface area (Å²) in [5, 5.41) is 9.08. The number of halogens is 1. The number of hydrogen-bond donors (Lipinski definition) is 1. The molecule has 1 saturated carbocycles. The normalized spacial score (nSPS) is 30.5. The number of ketones is 1. The Labute approximate surface area is 122 Å². The van der Waals surface area contributed by atoms with Crippen LogP contribution in [0.4, 0.5) is 0 Å². The molecule has 108 valence electrons. The van der Waals surface area contributed by atoms with E-state index in [2.05, 4.69) is 0 Å². The molecule has 0 aromatic heterocycles. The van der Waals surface area contributed by atoms with Crippen molar-refractivity contribution in [3.63, 3.8) is 0 Å². The van der Waals surface area contributed by atoms with Gasteiger partial charge in [0.05, 0.1) is 0 Å². The molecule has 7 heteroatoms. The second kappa shape index (κ2) is 5.35. The molecule has 4 unspecified atom stereocenters. The Bertz CT molecular complexity index is 428. The molecule has 1 N–H and O–H groups in total. The number of Topliss-reactive ketones (excluding diaryl/α,β-unsaturated/α-hetero) is 1. The Kier molecular flexibility index (Phi) is 4.14. The van der Waals surface area contributed by atoms with E-state index in [-0.39, 0.29) is 36.3 Å². The minimum atomic E-state index is -0.845. The molecule has 0 aromatic carbocycles. The minimum absolute atomic E-state index is 0.0242. The van der Waals surface area contributed by atoms with Gasteiger partial charge in [0, 0.05) is 0 Å². The van der Waals surface area contributed by atoms with E-state index in [0.717, 1.165) is 4.43 Å². The van der Waals surface area contributed by atoms with E-state index in [9.17, 15) is 14.4 Å². The van der Waals surface area contributed by atoms with Gasteiger partial charge >= 0.3 is 122 Å². The molecule has 0 bridgehead atoms. The third kappa shape index (κ3) is 2.26. The first-order valence-corrected chi connectivity index (χ1v) is 8.78. The summed E-state index contributed by atoms with van der Waals surface area (Å²) in [6.07, 6.45) is 0. The number of amides is 2. The number of piperidine rings is 1. The van der Waals surface area contributed by atoms with Crippen LogP contribution >= 0.6 is 0 Å². The van der Waals surface area contributed by atoms with Crippen molar-refractivity contribution >= 4 is 17.6 Å². The molecule has 1 aliphatic carbocycles. The molecular weight excluding hydrogens is 363 g/mol. The van der Waals surface area contributed by atoms with E-state index >= 15 is 0 Å². The third-order valence-corrected chi connectivity index (χ3v) is 6.21. The number of aliphatic hydroxyl groups excluding tert-OH is 1. The maximum absolute atomic E-state index is 12.3. The molecule has 19 heavy (non-hydrogen) atoms. The fraction of sp³-hybridized carbons (Fsp3) is 0.750. The average Bonchev–Trinajstić information content (AvgIpc) is 2.93. The van der Waals surface area contributed by atoms with Crippen LogP contribution in [0, 0.1) is 11.8 Å². The van der Waals surface area contributed by atoms with Crippen LogP contribution in [-0.2, 0) is 14.4 Å². The monoisotopic (exact) mass is 381 g/mol. The number of fused-ring (bicyclic) bond motifs is 1. The second-order valence-electron chi connectivity index (χ2n) is 4.87. The maximum atomic E-state index is 12.3. The average molecular weight is 381 g/mol. The van der Waals surface area contributed by atoms with Gasteiger partial charge in [-0.25, -0.2) is 0 Å². The Balaban J connectivity index is 2.15. The Hall–Kier alpha value is -0.700. The standard InChI is InChI=1S/C12H18IN2O4/c1-4-13-15-9-7(10(9)17)8(12(15)19)11(18)14(3)6(2)5-16/h6-9,16H,4-5H2,1-3H3/q-1. The van der Waals surface area contributed by atoms with Crippen LogP contribution in [0.3, 0.4) is 0 Å². The van der Waals surface area contributed by atoms with Crippen LogP contribution in [0.25, 0.3) is 0 Å². The molecule has 0 spiro atoms. The van der Waals surface area contributed by atoms with Gasteiger partial charge in [-0.15, -0.1) is 0 Å². The first kappa shape index (κ1) is 14.7. The predicted molar refractivity (Wildman–Crippen MR) is 62.5 cm³/mol. The molecule has 4 atom stereocenters. The molecule has 1 heterocycles. The van der Waals surface area contributed by atoms with Crippen LogP contribution < -0.4 is 21.5 Å². The number of carbonyl (C=O) groups excluding carboxylic acids is 3. The van der Waals surface area contributed by atoms with Gasteiger partial charge in [0.25, 0.3) is 0 Å². The number of hydrogen-bond acceptors (Lipinski definition) is 4. The van der Waals surface area contributed by atoms with Crippen molar-refractivity contribution in [1.82, 2.24) is 8.01 Å². The topological polar surface area (TPSA) is 77.9 Å². The molecule has 0 radical (unpaired) electrons.